The first-order chi connectivity index (χ1) is 19.7. The van der Waals surface area contributed by atoms with Crippen LogP contribution >= 0.6 is 0 Å². The SMILES string of the molecule is Cc1ccc(C2=NC3(CCN(S(=O)(=O)C=Cc4c(C)cc(C(=O)N5CCC(C)(O)CC5)cc4C)CC3)C(=O)N2)cc1C. The number of aliphatic imine (C=N–C) groups is 1. The molecule has 2 fully saturated rings. The van der Waals surface area contributed by atoms with Crippen LogP contribution in [0.1, 0.15) is 76.3 Å². The molecule has 0 radical (unpaired) electrons. The number of carbonyl (C=O) groups is 2. The first-order valence-corrected chi connectivity index (χ1v) is 16.0. The molecule has 224 valence electrons. The average molecular weight is 593 g/mol. The Labute approximate surface area is 248 Å². The lowest BCUT2D eigenvalue weighted by atomic mass is 9.89. The molecule has 2 saturated heterocycles. The maximum Gasteiger partial charge on any atom is 0.253 e. The van der Waals surface area contributed by atoms with E-state index >= 15 is 0 Å². The van der Waals surface area contributed by atoms with Gasteiger partial charge in [0, 0.05) is 42.7 Å². The highest BCUT2D eigenvalue weighted by Crippen LogP contribution is 2.33. The molecule has 10 heteroatoms. The number of aliphatic hydroxyl groups is 1. The number of nitrogens with zero attached hydrogens (tertiary/aromatic N) is 3. The summed E-state index contributed by atoms with van der Waals surface area (Å²) in [5.41, 5.74) is 4.36. The van der Waals surface area contributed by atoms with E-state index in [1.165, 1.54) is 9.71 Å². The van der Waals surface area contributed by atoms with Crippen molar-refractivity contribution in [2.24, 2.45) is 4.99 Å². The zero-order valence-electron chi connectivity index (χ0n) is 25.0. The summed E-state index contributed by atoms with van der Waals surface area (Å²) in [5.74, 6) is 0.278. The monoisotopic (exact) mass is 592 g/mol. The zero-order valence-corrected chi connectivity index (χ0v) is 25.8. The topological polar surface area (TPSA) is 119 Å². The molecule has 9 nitrogen and oxygen atoms in total. The number of likely N-dealkylation sites (tertiary alicyclic amines) is 1. The highest BCUT2D eigenvalue weighted by molar-refractivity contribution is 7.92. The molecule has 5 rings (SSSR count). The molecule has 0 bridgehead atoms. The van der Waals surface area contributed by atoms with E-state index in [4.69, 9.17) is 4.99 Å². The molecule has 1 spiro atoms. The Morgan fingerprint density at radius 3 is 2.14 bits per heavy atom. The van der Waals surface area contributed by atoms with Crippen LogP contribution in [0.15, 0.2) is 40.7 Å². The number of amidine groups is 1. The Kier molecular flexibility index (Phi) is 7.93. The first kappa shape index (κ1) is 30.1. The lowest BCUT2D eigenvalue weighted by molar-refractivity contribution is -0.124. The van der Waals surface area contributed by atoms with Crippen LogP contribution in [0.3, 0.4) is 0 Å². The smallest absolute Gasteiger partial charge is 0.253 e. The lowest BCUT2D eigenvalue weighted by Crippen LogP contribution is -2.50. The summed E-state index contributed by atoms with van der Waals surface area (Å²) in [5, 5.41) is 14.3. The van der Waals surface area contributed by atoms with Crippen LogP contribution in [0.25, 0.3) is 6.08 Å². The molecule has 2 N–H and O–H groups in total. The fourth-order valence-corrected chi connectivity index (χ4v) is 7.14. The van der Waals surface area contributed by atoms with E-state index in [1.807, 2.05) is 45.9 Å². The van der Waals surface area contributed by atoms with Crippen LogP contribution < -0.4 is 5.32 Å². The summed E-state index contributed by atoms with van der Waals surface area (Å²) in [4.78, 5) is 32.6. The molecular weight excluding hydrogens is 552 g/mol. The Balaban J connectivity index is 1.26. The van der Waals surface area contributed by atoms with Crippen molar-refractivity contribution in [3.63, 3.8) is 0 Å². The fourth-order valence-electron chi connectivity index (χ4n) is 5.97. The highest BCUT2D eigenvalue weighted by atomic mass is 32.2. The van der Waals surface area contributed by atoms with Gasteiger partial charge in [0.05, 0.1) is 5.60 Å². The molecule has 2 aromatic rings. The van der Waals surface area contributed by atoms with Crippen LogP contribution in [-0.4, -0.2) is 77.7 Å². The molecule has 0 saturated carbocycles. The summed E-state index contributed by atoms with van der Waals surface area (Å²) in [7, 11) is -3.74. The minimum Gasteiger partial charge on any atom is -0.390 e. The maximum atomic E-state index is 13.3. The molecule has 2 aromatic carbocycles. The van der Waals surface area contributed by atoms with Gasteiger partial charge >= 0.3 is 0 Å². The minimum absolute atomic E-state index is 0.0821. The third-order valence-electron chi connectivity index (χ3n) is 9.05. The second-order valence-corrected chi connectivity index (χ2v) is 14.1. The predicted molar refractivity (Wildman–Crippen MR) is 164 cm³/mol. The number of benzene rings is 2. The van der Waals surface area contributed by atoms with Gasteiger partial charge in [-0.15, -0.1) is 0 Å². The highest BCUT2D eigenvalue weighted by Gasteiger charge is 2.47. The Morgan fingerprint density at radius 1 is 0.929 bits per heavy atom. The second-order valence-electron chi connectivity index (χ2n) is 12.3. The van der Waals surface area contributed by atoms with Gasteiger partial charge in [-0.1, -0.05) is 12.1 Å². The van der Waals surface area contributed by atoms with E-state index in [0.717, 1.165) is 33.4 Å². The summed E-state index contributed by atoms with van der Waals surface area (Å²) in [6.45, 7) is 11.0. The van der Waals surface area contributed by atoms with Gasteiger partial charge in [-0.05, 0) is 112 Å². The van der Waals surface area contributed by atoms with Crippen molar-refractivity contribution in [3.05, 3.63) is 74.7 Å². The van der Waals surface area contributed by atoms with Gasteiger partial charge in [-0.3, -0.25) is 14.6 Å². The molecule has 0 aliphatic carbocycles. The number of hydrogen-bond donors (Lipinski definition) is 2. The predicted octanol–water partition coefficient (Wildman–Crippen LogP) is 3.62. The van der Waals surface area contributed by atoms with Gasteiger partial charge in [0.25, 0.3) is 11.8 Å². The van der Waals surface area contributed by atoms with Crippen molar-refractivity contribution < 1.29 is 23.1 Å². The number of hydrogen-bond acceptors (Lipinski definition) is 6. The van der Waals surface area contributed by atoms with Crippen molar-refractivity contribution in [2.45, 2.75) is 71.4 Å². The van der Waals surface area contributed by atoms with Crippen LogP contribution in [0.2, 0.25) is 0 Å². The van der Waals surface area contributed by atoms with Crippen LogP contribution in [0.4, 0.5) is 0 Å². The average Bonchev–Trinajstić information content (AvgIpc) is 3.24. The summed E-state index contributed by atoms with van der Waals surface area (Å²) >= 11 is 0. The number of rotatable bonds is 5. The molecule has 0 aromatic heterocycles. The minimum atomic E-state index is -3.74. The van der Waals surface area contributed by atoms with E-state index < -0.39 is 21.2 Å². The third kappa shape index (κ3) is 5.93. The maximum absolute atomic E-state index is 13.3. The Morgan fingerprint density at radius 2 is 1.55 bits per heavy atom. The number of aryl methyl sites for hydroxylation is 4. The largest absolute Gasteiger partial charge is 0.390 e. The van der Waals surface area contributed by atoms with Crippen LogP contribution in [0, 0.1) is 27.7 Å². The summed E-state index contributed by atoms with van der Waals surface area (Å²) in [6, 6.07) is 9.53. The lowest BCUT2D eigenvalue weighted by Gasteiger charge is -2.36. The van der Waals surface area contributed by atoms with Crippen molar-refractivity contribution in [2.75, 3.05) is 26.2 Å². The molecule has 3 aliphatic heterocycles. The molecule has 0 atom stereocenters. The Bertz CT molecular complexity index is 1570. The molecular formula is C32H40N4O5S. The van der Waals surface area contributed by atoms with Crippen LogP contribution in [0.5, 0.6) is 0 Å². The number of piperidine rings is 2. The number of amides is 2. The zero-order chi connectivity index (χ0) is 30.4. The number of carbonyl (C=O) groups excluding carboxylic acids is 2. The Hall–Kier alpha value is -3.34. The normalized spacial score (nSPS) is 20.7. The third-order valence-corrected chi connectivity index (χ3v) is 10.6. The van der Waals surface area contributed by atoms with E-state index in [1.54, 1.807) is 30.0 Å². The van der Waals surface area contributed by atoms with E-state index in [0.29, 0.717) is 50.2 Å². The van der Waals surface area contributed by atoms with Crippen molar-refractivity contribution in [3.8, 4) is 0 Å². The van der Waals surface area contributed by atoms with Gasteiger partial charge < -0.3 is 15.3 Å². The van der Waals surface area contributed by atoms with Crippen molar-refractivity contribution in [1.82, 2.24) is 14.5 Å². The van der Waals surface area contributed by atoms with Gasteiger partial charge in [0.1, 0.15) is 11.4 Å². The van der Waals surface area contributed by atoms with Crippen molar-refractivity contribution in [1.29, 1.82) is 0 Å². The quantitative estimate of drug-likeness (QED) is 0.550. The van der Waals surface area contributed by atoms with E-state index in [9.17, 15) is 23.1 Å². The second kappa shape index (κ2) is 11.1. The number of nitrogens with one attached hydrogen (secondary N) is 1. The summed E-state index contributed by atoms with van der Waals surface area (Å²) < 4.78 is 28.0. The fraction of sp³-hybridized carbons (Fsp3) is 0.469. The van der Waals surface area contributed by atoms with E-state index in [-0.39, 0.29) is 24.9 Å². The molecule has 0 unspecified atom stereocenters. The van der Waals surface area contributed by atoms with Crippen molar-refractivity contribution >= 4 is 33.7 Å². The summed E-state index contributed by atoms with van der Waals surface area (Å²) in [6.07, 6.45) is 3.28. The number of sulfonamides is 1. The molecule has 42 heavy (non-hydrogen) atoms. The molecule has 2 amide bonds. The van der Waals surface area contributed by atoms with Gasteiger partial charge in [0.15, 0.2) is 0 Å². The molecule has 3 heterocycles. The van der Waals surface area contributed by atoms with Gasteiger partial charge in [-0.2, -0.15) is 4.31 Å². The van der Waals surface area contributed by atoms with Gasteiger partial charge in [-0.25, -0.2) is 8.42 Å². The van der Waals surface area contributed by atoms with E-state index in [2.05, 4.69) is 5.32 Å². The standard InChI is InChI=1S/C32H40N4O5S/c1-21-6-7-25(18-22(21)2)28-33-30(38)32(34-28)11-15-36(16-12-32)42(40,41)17-8-27-23(3)19-26(20-24(27)4)29(37)35-13-9-31(5,39)10-14-35/h6-8,17-20,39H,9-16H2,1-5H3,(H,33,34,38). The first-order valence-electron chi connectivity index (χ1n) is 14.5. The molecule has 3 aliphatic rings. The van der Waals surface area contributed by atoms with Gasteiger partial charge in [0.2, 0.25) is 10.0 Å². The van der Waals surface area contributed by atoms with Crippen LogP contribution in [-0.2, 0) is 14.8 Å².